The van der Waals surface area contributed by atoms with Gasteiger partial charge in [0.05, 0.1) is 9.92 Å². The Hall–Kier alpha value is -0.330. The van der Waals surface area contributed by atoms with Gasteiger partial charge in [0.25, 0.3) is 0 Å². The third-order valence-electron chi connectivity index (χ3n) is 0.916. The van der Waals surface area contributed by atoms with Crippen molar-refractivity contribution in [3.63, 3.8) is 0 Å². The predicted octanol–water partition coefficient (Wildman–Crippen LogP) is 4.07. The van der Waals surface area contributed by atoms with E-state index in [2.05, 4.69) is 12.6 Å². The van der Waals surface area contributed by atoms with Gasteiger partial charge in [-0.25, -0.2) is 4.39 Å². The quantitative estimate of drug-likeness (QED) is 0.627. The van der Waals surface area contributed by atoms with Gasteiger partial charge >= 0.3 is 0 Å². The molecule has 0 aromatic heterocycles. The van der Waals surface area contributed by atoms with Gasteiger partial charge in [-0.15, -0.1) is 12.4 Å². The van der Waals surface area contributed by atoms with Crippen LogP contribution in [0.1, 0.15) is 0 Å². The molecule has 0 spiro atoms. The number of rotatable bonds is 0. The van der Waals surface area contributed by atoms with Crippen LogP contribution in [0.15, 0.2) is 23.1 Å². The van der Waals surface area contributed by atoms with Crippen LogP contribution in [-0.4, -0.2) is 0 Å². The van der Waals surface area contributed by atoms with E-state index in [-0.39, 0.29) is 41.1 Å². The number of halogens is 7. The zero-order valence-electron chi connectivity index (χ0n) is 6.44. The Labute approximate surface area is 94.1 Å². The van der Waals surface area contributed by atoms with Crippen LogP contribution in [0.4, 0.5) is 23.2 Å². The molecular formula is C6H8Cl2F5S. The molecule has 0 saturated heterocycles. The first-order valence-electron chi connectivity index (χ1n) is 2.33. The van der Waals surface area contributed by atoms with Gasteiger partial charge < -0.3 is 0 Å². The van der Waals surface area contributed by atoms with Crippen molar-refractivity contribution < 1.29 is 23.2 Å². The molecule has 1 aromatic carbocycles. The smallest absolute Gasteiger partial charge is 0.159 e. The van der Waals surface area contributed by atoms with E-state index in [0.717, 1.165) is 0 Å². The molecule has 0 fully saturated rings. The van der Waals surface area contributed by atoms with E-state index in [1.807, 2.05) is 0 Å². The van der Waals surface area contributed by atoms with E-state index in [4.69, 9.17) is 11.6 Å². The molecule has 8 heteroatoms. The van der Waals surface area contributed by atoms with E-state index in [1.54, 1.807) is 6.07 Å². The van der Waals surface area contributed by atoms with Crippen LogP contribution >= 0.6 is 36.6 Å². The summed E-state index contributed by atoms with van der Waals surface area (Å²) in [4.78, 5) is 0.169. The number of hydrogen-bond acceptors (Lipinski definition) is 0. The van der Waals surface area contributed by atoms with Crippen LogP contribution in [0, 0.1) is 5.82 Å². The fourth-order valence-electron chi connectivity index (χ4n) is 0.484. The van der Waals surface area contributed by atoms with Crippen molar-refractivity contribution in [2.24, 2.45) is 0 Å². The molecule has 0 saturated carbocycles. The molecule has 0 atom stereocenters. The third kappa shape index (κ3) is 7.11. The summed E-state index contributed by atoms with van der Waals surface area (Å²) in [5.41, 5.74) is 0. The summed E-state index contributed by atoms with van der Waals surface area (Å²) >= 11 is 9.95. The fourth-order valence-corrected chi connectivity index (χ4v) is 0.903. The van der Waals surface area contributed by atoms with Gasteiger partial charge in [0, 0.05) is 0 Å². The normalized spacial score (nSPS) is 6.14. The van der Waals surface area contributed by atoms with Gasteiger partial charge in [0.1, 0.15) is 0 Å². The molecule has 0 aliphatic rings. The molecule has 0 aliphatic carbocycles. The fraction of sp³-hybridized carbons (Fsp3) is 0. The van der Waals surface area contributed by atoms with E-state index in [9.17, 15) is 4.39 Å². The minimum atomic E-state index is -0.505. The largest absolute Gasteiger partial charge is 0.269 e. The zero-order chi connectivity index (χ0) is 6.85. The second-order valence-electron chi connectivity index (χ2n) is 1.55. The maximum Gasteiger partial charge on any atom is 0.159 e. The van der Waals surface area contributed by atoms with Crippen LogP contribution in [-0.2, 0) is 0 Å². The topological polar surface area (TPSA) is 0 Å². The van der Waals surface area contributed by atoms with Crippen LogP contribution in [0.25, 0.3) is 0 Å². The highest BCUT2D eigenvalue weighted by Gasteiger charge is 2.00. The second-order valence-corrected chi connectivity index (χ2v) is 2.40. The molecule has 0 nitrogen and oxygen atoms in total. The summed E-state index contributed by atoms with van der Waals surface area (Å²) in [5.74, 6) is -0.505. The Morgan fingerprint density at radius 3 is 1.79 bits per heavy atom. The Balaban J connectivity index is -0.0000000540. The zero-order valence-corrected chi connectivity index (χ0v) is 8.83. The summed E-state index contributed by atoms with van der Waals surface area (Å²) in [6.45, 7) is 0. The molecular weight excluding hydrogens is 270 g/mol. The molecule has 87 valence electrons. The molecule has 14 heavy (non-hydrogen) atoms. The van der Waals surface area contributed by atoms with Crippen LogP contribution in [0.5, 0.6) is 0 Å². The van der Waals surface area contributed by atoms with Gasteiger partial charge in [0.15, 0.2) is 5.82 Å². The Morgan fingerprint density at radius 2 is 1.50 bits per heavy atom. The predicted molar refractivity (Wildman–Crippen MR) is 54.5 cm³/mol. The van der Waals surface area contributed by atoms with Crippen molar-refractivity contribution in [2.75, 3.05) is 0 Å². The van der Waals surface area contributed by atoms with E-state index < -0.39 is 5.82 Å². The van der Waals surface area contributed by atoms with Crippen LogP contribution in [0.3, 0.4) is 0 Å². The molecule has 0 aliphatic heterocycles. The number of hydrogen-bond donors (Lipinski definition) is 0. The highest BCUT2D eigenvalue weighted by atomic mass is 35.5. The van der Waals surface area contributed by atoms with Crippen molar-refractivity contribution >= 4 is 36.6 Å². The van der Waals surface area contributed by atoms with E-state index in [0.29, 0.717) is 0 Å². The van der Waals surface area contributed by atoms with Crippen molar-refractivity contribution in [3.8, 4) is 0 Å². The van der Waals surface area contributed by atoms with Crippen molar-refractivity contribution in [2.45, 2.75) is 4.90 Å². The molecule has 0 bridgehead atoms. The Morgan fingerprint density at radius 1 is 1.07 bits per heavy atom. The minimum Gasteiger partial charge on any atom is -0.269 e. The summed E-state index contributed by atoms with van der Waals surface area (Å²) in [6.07, 6.45) is 0. The minimum absolute atomic E-state index is 0. The lowest BCUT2D eigenvalue weighted by molar-refractivity contribution is 0.603. The van der Waals surface area contributed by atoms with Crippen LogP contribution < -0.4 is 0 Å². The molecule has 0 unspecified atom stereocenters. The highest BCUT2D eigenvalue weighted by Crippen LogP contribution is 2.19. The lowest BCUT2D eigenvalue weighted by atomic mass is 10.3. The average molecular weight is 278 g/mol. The lowest BCUT2D eigenvalue weighted by Crippen LogP contribution is -1.76. The first kappa shape index (κ1) is 29.2. The first-order valence-corrected chi connectivity index (χ1v) is 3.11. The molecule has 0 N–H and O–H groups in total. The Kier molecular flexibility index (Phi) is 26.4. The molecule has 1 aromatic rings. The standard InChI is InChI=1S/C6H3ClFS.ClH.4FH/c7-4-2-1-3-5(9)6(4)8;;;;;/h1-3H;5*1H. The first-order chi connectivity index (χ1) is 4.22. The maximum absolute atomic E-state index is 12.5. The Bertz CT molecular complexity index is 215. The second kappa shape index (κ2) is 12.7. The highest BCUT2D eigenvalue weighted by molar-refractivity contribution is 7.80. The lowest BCUT2D eigenvalue weighted by Gasteiger charge is -1.92. The summed E-state index contributed by atoms with van der Waals surface area (Å²) in [7, 11) is 0. The molecule has 0 amide bonds. The monoisotopic (exact) mass is 277 g/mol. The van der Waals surface area contributed by atoms with Gasteiger partial charge in [-0.3, -0.25) is 18.8 Å². The average Bonchev–Trinajstić information content (AvgIpc) is 1.83. The van der Waals surface area contributed by atoms with Crippen LogP contribution in [0.2, 0.25) is 5.02 Å². The van der Waals surface area contributed by atoms with Gasteiger partial charge in [0.2, 0.25) is 0 Å². The maximum atomic E-state index is 12.5. The van der Waals surface area contributed by atoms with E-state index in [1.165, 1.54) is 12.1 Å². The van der Waals surface area contributed by atoms with Gasteiger partial charge in [-0.05, 0) is 12.1 Å². The molecule has 1 radical (unpaired) electrons. The SMILES string of the molecule is Cl.F.F.F.F.Fc1c([S])cccc1Cl. The number of benzene rings is 1. The summed E-state index contributed by atoms with van der Waals surface area (Å²) in [5, 5.41) is 0.0856. The van der Waals surface area contributed by atoms with Crippen molar-refractivity contribution in [1.29, 1.82) is 0 Å². The van der Waals surface area contributed by atoms with Gasteiger partial charge in [-0.1, -0.05) is 30.3 Å². The van der Waals surface area contributed by atoms with Crippen molar-refractivity contribution in [3.05, 3.63) is 29.0 Å². The molecule has 0 heterocycles. The van der Waals surface area contributed by atoms with E-state index >= 15 is 0 Å². The van der Waals surface area contributed by atoms with Crippen molar-refractivity contribution in [1.82, 2.24) is 0 Å². The third-order valence-corrected chi connectivity index (χ3v) is 1.52. The molecule has 1 rings (SSSR count). The summed E-state index contributed by atoms with van der Waals surface area (Å²) < 4.78 is 12.5. The van der Waals surface area contributed by atoms with Gasteiger partial charge in [-0.2, -0.15) is 0 Å². The summed E-state index contributed by atoms with van der Waals surface area (Å²) in [6, 6.07) is 4.58.